The molecule has 98 valence electrons. The lowest BCUT2D eigenvalue weighted by Crippen LogP contribution is -2.14. The predicted molar refractivity (Wildman–Crippen MR) is 72.2 cm³/mol. The van der Waals surface area contributed by atoms with Crippen LogP contribution in [0, 0.1) is 5.82 Å². The molecule has 0 aliphatic carbocycles. The monoisotopic (exact) mass is 269 g/mol. The topological polar surface area (TPSA) is 60.9 Å². The summed E-state index contributed by atoms with van der Waals surface area (Å²) in [7, 11) is -0.865. The molecule has 6 heteroatoms. The summed E-state index contributed by atoms with van der Waals surface area (Å²) in [6.45, 7) is 2.51. The number of rotatable bonds is 4. The molecular weight excluding hydrogens is 253 g/mol. The Hall–Kier alpha value is -1.43. The molecule has 0 bridgehead atoms. The number of anilines is 1. The van der Waals surface area contributed by atoms with Crippen molar-refractivity contribution >= 4 is 27.8 Å². The summed E-state index contributed by atoms with van der Waals surface area (Å²) in [5.74, 6) is 0.0560. The Balaban J connectivity index is 2.29. The Morgan fingerprint density at radius 3 is 2.94 bits per heavy atom. The maximum Gasteiger partial charge on any atom is 0.201 e. The number of fused-ring (bicyclic) bond motifs is 1. The van der Waals surface area contributed by atoms with Gasteiger partial charge in [-0.1, -0.05) is 6.92 Å². The number of hydrogen-bond donors (Lipinski definition) is 1. The number of nitrogens with two attached hydrogens (primary N) is 1. The number of benzene rings is 1. The number of aromatic nitrogens is 2. The molecule has 2 rings (SSSR count). The van der Waals surface area contributed by atoms with Gasteiger partial charge in [-0.15, -0.1) is 0 Å². The van der Waals surface area contributed by atoms with Crippen molar-refractivity contribution in [3.05, 3.63) is 24.0 Å². The molecule has 2 N–H and O–H groups in total. The third kappa shape index (κ3) is 2.53. The summed E-state index contributed by atoms with van der Waals surface area (Å²) in [6.07, 6.45) is 2.40. The standard InChI is InChI=1S/C12H16FN3OS/c1-8(18(2)17)5-6-16-11-7-9(13)3-4-10(11)15-12(16)14/h3-4,7-8H,5-6H2,1-2H3,(H2,14,15). The summed E-state index contributed by atoms with van der Waals surface area (Å²) in [4.78, 5) is 4.18. The fourth-order valence-corrected chi connectivity index (χ4v) is 2.26. The van der Waals surface area contributed by atoms with Gasteiger partial charge in [0.1, 0.15) is 5.82 Å². The van der Waals surface area contributed by atoms with E-state index in [2.05, 4.69) is 4.98 Å². The summed E-state index contributed by atoms with van der Waals surface area (Å²) < 4.78 is 26.3. The number of halogens is 1. The van der Waals surface area contributed by atoms with E-state index < -0.39 is 10.8 Å². The van der Waals surface area contributed by atoms with Crippen molar-refractivity contribution < 1.29 is 8.60 Å². The second-order valence-corrected chi connectivity index (χ2v) is 6.15. The molecule has 0 saturated carbocycles. The average Bonchev–Trinajstić information content (AvgIpc) is 2.61. The third-order valence-electron chi connectivity index (χ3n) is 3.07. The molecule has 18 heavy (non-hydrogen) atoms. The maximum absolute atomic E-state index is 13.2. The molecule has 0 fully saturated rings. The third-order valence-corrected chi connectivity index (χ3v) is 4.43. The van der Waals surface area contributed by atoms with Crippen LogP contribution >= 0.6 is 0 Å². The van der Waals surface area contributed by atoms with E-state index >= 15 is 0 Å². The van der Waals surface area contributed by atoms with Crippen molar-refractivity contribution in [2.75, 3.05) is 12.0 Å². The highest BCUT2D eigenvalue weighted by atomic mass is 32.2. The number of nitrogen functional groups attached to an aromatic ring is 1. The van der Waals surface area contributed by atoms with E-state index in [0.29, 0.717) is 23.5 Å². The Kier molecular flexibility index (Phi) is 3.65. The van der Waals surface area contributed by atoms with Crippen LogP contribution in [-0.4, -0.2) is 25.3 Å². The summed E-state index contributed by atoms with van der Waals surface area (Å²) in [5, 5.41) is 0.0791. The zero-order valence-electron chi connectivity index (χ0n) is 10.4. The van der Waals surface area contributed by atoms with Crippen LogP contribution in [0.4, 0.5) is 10.3 Å². The van der Waals surface area contributed by atoms with Crippen LogP contribution in [0.1, 0.15) is 13.3 Å². The van der Waals surface area contributed by atoms with E-state index in [-0.39, 0.29) is 11.1 Å². The maximum atomic E-state index is 13.2. The first-order valence-corrected chi connectivity index (χ1v) is 7.34. The van der Waals surface area contributed by atoms with Gasteiger partial charge >= 0.3 is 0 Å². The second kappa shape index (κ2) is 5.06. The van der Waals surface area contributed by atoms with Crippen LogP contribution in [0.5, 0.6) is 0 Å². The lowest BCUT2D eigenvalue weighted by molar-refractivity contribution is 0.621. The zero-order valence-corrected chi connectivity index (χ0v) is 11.2. The van der Waals surface area contributed by atoms with E-state index in [1.165, 1.54) is 12.1 Å². The first kappa shape index (κ1) is 13.0. The Labute approximate surface area is 107 Å². The molecule has 2 aromatic rings. The molecule has 2 atom stereocenters. The molecule has 0 saturated heterocycles. The molecule has 2 unspecified atom stereocenters. The van der Waals surface area contributed by atoms with Crippen molar-refractivity contribution in [1.82, 2.24) is 9.55 Å². The Bertz CT molecular complexity index is 596. The first-order valence-electron chi connectivity index (χ1n) is 5.72. The van der Waals surface area contributed by atoms with E-state index in [1.54, 1.807) is 16.9 Å². The molecule has 1 heterocycles. The highest BCUT2D eigenvalue weighted by Gasteiger charge is 2.11. The molecule has 0 aliphatic rings. The molecular formula is C12H16FN3OS. The van der Waals surface area contributed by atoms with Gasteiger partial charge in [0.25, 0.3) is 0 Å². The minimum absolute atomic E-state index is 0.0791. The van der Waals surface area contributed by atoms with Crippen LogP contribution in [0.3, 0.4) is 0 Å². The normalized spacial score (nSPS) is 14.8. The van der Waals surface area contributed by atoms with E-state index in [1.807, 2.05) is 6.92 Å². The number of hydrogen-bond acceptors (Lipinski definition) is 3. The van der Waals surface area contributed by atoms with Gasteiger partial charge < -0.3 is 10.3 Å². The van der Waals surface area contributed by atoms with Gasteiger partial charge in [-0.3, -0.25) is 4.21 Å². The molecule has 0 amide bonds. The molecule has 1 aromatic heterocycles. The van der Waals surface area contributed by atoms with Crippen molar-refractivity contribution in [2.24, 2.45) is 0 Å². The van der Waals surface area contributed by atoms with Gasteiger partial charge in [0.2, 0.25) is 5.95 Å². The fraction of sp³-hybridized carbons (Fsp3) is 0.417. The van der Waals surface area contributed by atoms with Crippen molar-refractivity contribution in [3.63, 3.8) is 0 Å². The highest BCUT2D eigenvalue weighted by molar-refractivity contribution is 7.84. The lowest BCUT2D eigenvalue weighted by Gasteiger charge is -2.10. The van der Waals surface area contributed by atoms with Crippen LogP contribution in [-0.2, 0) is 17.3 Å². The van der Waals surface area contributed by atoms with Gasteiger partial charge in [-0.25, -0.2) is 9.37 Å². The fourth-order valence-electron chi connectivity index (χ4n) is 1.83. The molecule has 0 radical (unpaired) electrons. The SMILES string of the molecule is CC(CCn1c(N)nc2ccc(F)cc21)S(C)=O. The zero-order chi connectivity index (χ0) is 13.3. The van der Waals surface area contributed by atoms with Gasteiger partial charge in [0.05, 0.1) is 11.0 Å². The van der Waals surface area contributed by atoms with Crippen molar-refractivity contribution in [1.29, 1.82) is 0 Å². The van der Waals surface area contributed by atoms with Crippen LogP contribution in [0.15, 0.2) is 18.2 Å². The Morgan fingerprint density at radius 2 is 2.28 bits per heavy atom. The molecule has 4 nitrogen and oxygen atoms in total. The van der Waals surface area contributed by atoms with Gasteiger partial charge in [-0.05, 0) is 24.6 Å². The van der Waals surface area contributed by atoms with Crippen molar-refractivity contribution in [2.45, 2.75) is 25.1 Å². The Morgan fingerprint density at radius 1 is 1.56 bits per heavy atom. The quantitative estimate of drug-likeness (QED) is 0.922. The van der Waals surface area contributed by atoms with Crippen LogP contribution in [0.25, 0.3) is 11.0 Å². The average molecular weight is 269 g/mol. The van der Waals surface area contributed by atoms with E-state index in [9.17, 15) is 8.60 Å². The largest absolute Gasteiger partial charge is 0.369 e. The van der Waals surface area contributed by atoms with Crippen LogP contribution < -0.4 is 5.73 Å². The lowest BCUT2D eigenvalue weighted by atomic mass is 10.3. The van der Waals surface area contributed by atoms with Gasteiger partial charge in [0.15, 0.2) is 0 Å². The number of aryl methyl sites for hydroxylation is 1. The second-order valence-electron chi connectivity index (χ2n) is 4.35. The number of imidazole rings is 1. The highest BCUT2D eigenvalue weighted by Crippen LogP contribution is 2.20. The predicted octanol–water partition coefficient (Wildman–Crippen LogP) is 1.91. The molecule has 0 spiro atoms. The van der Waals surface area contributed by atoms with Crippen LogP contribution in [0.2, 0.25) is 0 Å². The van der Waals surface area contributed by atoms with Crippen molar-refractivity contribution in [3.8, 4) is 0 Å². The minimum Gasteiger partial charge on any atom is -0.369 e. The smallest absolute Gasteiger partial charge is 0.201 e. The van der Waals surface area contributed by atoms with Gasteiger partial charge in [-0.2, -0.15) is 0 Å². The van der Waals surface area contributed by atoms with Gasteiger partial charge in [0, 0.05) is 28.9 Å². The number of nitrogens with zero attached hydrogens (tertiary/aromatic N) is 2. The minimum atomic E-state index is -0.865. The molecule has 0 aliphatic heterocycles. The van der Waals surface area contributed by atoms with E-state index in [0.717, 1.165) is 6.42 Å². The summed E-state index contributed by atoms with van der Waals surface area (Å²) in [5.41, 5.74) is 7.18. The summed E-state index contributed by atoms with van der Waals surface area (Å²) >= 11 is 0. The first-order chi connectivity index (χ1) is 8.49. The van der Waals surface area contributed by atoms with E-state index in [4.69, 9.17) is 5.73 Å². The summed E-state index contributed by atoms with van der Waals surface area (Å²) in [6, 6.07) is 4.40. The molecule has 1 aromatic carbocycles.